The molecular weight excluding hydrogens is 512 g/mol. The standard InChI is InChI=1S/C27H56N2O10/c1-3-5-8-28-27(31)7-10-32-12-14-34-16-18-36-20-22-38-24-25-39-23-21-37-19-17-35-15-13-33-11-9-29-26(30)6-4-2/h26,29-30H,3-25H2,1-2H3,(H,28,31). The molecule has 0 rings (SSSR count). The minimum Gasteiger partial charge on any atom is -0.379 e. The highest BCUT2D eigenvalue weighted by Gasteiger charge is 2.01. The smallest absolute Gasteiger partial charge is 0.222 e. The van der Waals surface area contributed by atoms with Crippen molar-refractivity contribution in [2.24, 2.45) is 0 Å². The molecule has 0 aromatic carbocycles. The number of ether oxygens (including phenoxy) is 8. The van der Waals surface area contributed by atoms with Crippen LogP contribution in [0.2, 0.25) is 0 Å². The molecule has 1 amide bonds. The van der Waals surface area contributed by atoms with Crippen LogP contribution >= 0.6 is 0 Å². The Morgan fingerprint density at radius 2 is 0.949 bits per heavy atom. The number of aliphatic hydroxyl groups is 1. The van der Waals surface area contributed by atoms with E-state index in [-0.39, 0.29) is 5.91 Å². The van der Waals surface area contributed by atoms with E-state index >= 15 is 0 Å². The molecule has 3 N–H and O–H groups in total. The van der Waals surface area contributed by atoms with Crippen molar-refractivity contribution < 1.29 is 47.8 Å². The van der Waals surface area contributed by atoms with Gasteiger partial charge in [0.25, 0.3) is 0 Å². The summed E-state index contributed by atoms with van der Waals surface area (Å²) in [6, 6.07) is 0. The van der Waals surface area contributed by atoms with Crippen molar-refractivity contribution in [1.82, 2.24) is 10.6 Å². The lowest BCUT2D eigenvalue weighted by atomic mass is 10.3. The second-order valence-corrected chi connectivity index (χ2v) is 8.61. The molecule has 39 heavy (non-hydrogen) atoms. The molecule has 0 spiro atoms. The van der Waals surface area contributed by atoms with Crippen LogP contribution in [-0.2, 0) is 42.7 Å². The van der Waals surface area contributed by atoms with Crippen molar-refractivity contribution in [2.75, 3.05) is 119 Å². The number of carbonyl (C=O) groups excluding carboxylic acids is 1. The van der Waals surface area contributed by atoms with Crippen LogP contribution in [-0.4, -0.2) is 136 Å². The Bertz CT molecular complexity index is 491. The number of rotatable bonds is 33. The maximum absolute atomic E-state index is 11.5. The molecule has 0 aromatic heterocycles. The van der Waals surface area contributed by atoms with E-state index in [1.54, 1.807) is 0 Å². The van der Waals surface area contributed by atoms with Gasteiger partial charge in [0.2, 0.25) is 5.91 Å². The zero-order valence-corrected chi connectivity index (χ0v) is 24.5. The van der Waals surface area contributed by atoms with Gasteiger partial charge in [-0.3, -0.25) is 10.1 Å². The monoisotopic (exact) mass is 568 g/mol. The van der Waals surface area contributed by atoms with Crippen molar-refractivity contribution in [3.05, 3.63) is 0 Å². The number of carbonyl (C=O) groups is 1. The fourth-order valence-electron chi connectivity index (χ4n) is 2.97. The Balaban J connectivity index is 3.09. The van der Waals surface area contributed by atoms with Gasteiger partial charge in [-0.2, -0.15) is 0 Å². The molecular formula is C27H56N2O10. The average molecular weight is 569 g/mol. The van der Waals surface area contributed by atoms with E-state index < -0.39 is 6.23 Å². The van der Waals surface area contributed by atoms with Gasteiger partial charge in [-0.1, -0.05) is 26.7 Å². The van der Waals surface area contributed by atoms with Gasteiger partial charge in [0.05, 0.1) is 106 Å². The molecule has 0 saturated heterocycles. The van der Waals surface area contributed by atoms with Gasteiger partial charge in [0.1, 0.15) is 6.23 Å². The fourth-order valence-corrected chi connectivity index (χ4v) is 2.97. The third kappa shape index (κ3) is 33.2. The molecule has 0 fully saturated rings. The Morgan fingerprint density at radius 1 is 0.564 bits per heavy atom. The zero-order chi connectivity index (χ0) is 28.5. The normalized spacial score (nSPS) is 12.2. The summed E-state index contributed by atoms with van der Waals surface area (Å²) >= 11 is 0. The van der Waals surface area contributed by atoms with Gasteiger partial charge in [-0.25, -0.2) is 0 Å². The van der Waals surface area contributed by atoms with Gasteiger partial charge in [-0.05, 0) is 12.8 Å². The number of amides is 1. The van der Waals surface area contributed by atoms with E-state index in [1.807, 2.05) is 6.92 Å². The Labute approximate surface area is 235 Å². The van der Waals surface area contributed by atoms with Crippen LogP contribution in [0, 0.1) is 0 Å². The second kappa shape index (κ2) is 33.3. The van der Waals surface area contributed by atoms with E-state index in [0.717, 1.165) is 32.2 Å². The van der Waals surface area contributed by atoms with Crippen LogP contribution in [0.4, 0.5) is 0 Å². The fraction of sp³-hybridized carbons (Fsp3) is 0.963. The highest BCUT2D eigenvalue weighted by molar-refractivity contribution is 5.75. The topological polar surface area (TPSA) is 135 Å². The first-order valence-corrected chi connectivity index (χ1v) is 14.5. The average Bonchev–Trinajstić information content (AvgIpc) is 2.93. The molecule has 0 aliphatic rings. The highest BCUT2D eigenvalue weighted by Crippen LogP contribution is 1.91. The molecule has 0 radical (unpaired) electrons. The summed E-state index contributed by atoms with van der Waals surface area (Å²) in [5.74, 6) is 0.0290. The van der Waals surface area contributed by atoms with Crippen LogP contribution < -0.4 is 10.6 Å². The molecule has 1 atom stereocenters. The summed E-state index contributed by atoms with van der Waals surface area (Å²) in [4.78, 5) is 11.5. The SMILES string of the molecule is CCCCNC(=O)CCOCCOCCOCCOCCOCCOCCOCCOCCNC(O)CCC. The van der Waals surface area contributed by atoms with Gasteiger partial charge in [0, 0.05) is 19.5 Å². The van der Waals surface area contributed by atoms with Gasteiger partial charge in [-0.15, -0.1) is 0 Å². The largest absolute Gasteiger partial charge is 0.379 e. The lowest BCUT2D eigenvalue weighted by Crippen LogP contribution is -2.31. The summed E-state index contributed by atoms with van der Waals surface area (Å²) in [6.45, 7) is 13.4. The van der Waals surface area contributed by atoms with Crippen molar-refractivity contribution >= 4 is 5.91 Å². The molecule has 12 heteroatoms. The summed E-state index contributed by atoms with van der Waals surface area (Å²) in [7, 11) is 0. The highest BCUT2D eigenvalue weighted by atomic mass is 16.6. The second-order valence-electron chi connectivity index (χ2n) is 8.61. The molecule has 1 unspecified atom stereocenters. The summed E-state index contributed by atoms with van der Waals surface area (Å²) in [5, 5.41) is 15.4. The van der Waals surface area contributed by atoms with Crippen LogP contribution in [0.5, 0.6) is 0 Å². The maximum atomic E-state index is 11.5. The van der Waals surface area contributed by atoms with E-state index in [0.29, 0.717) is 119 Å². The maximum Gasteiger partial charge on any atom is 0.222 e. The van der Waals surface area contributed by atoms with Crippen LogP contribution in [0.25, 0.3) is 0 Å². The number of aliphatic hydroxyl groups excluding tert-OH is 1. The van der Waals surface area contributed by atoms with Crippen molar-refractivity contribution in [3.63, 3.8) is 0 Å². The Morgan fingerprint density at radius 3 is 1.33 bits per heavy atom. The van der Waals surface area contributed by atoms with Crippen molar-refractivity contribution in [1.29, 1.82) is 0 Å². The quantitative estimate of drug-likeness (QED) is 0.0777. The predicted molar refractivity (Wildman–Crippen MR) is 148 cm³/mol. The molecule has 0 saturated carbocycles. The zero-order valence-electron chi connectivity index (χ0n) is 24.5. The van der Waals surface area contributed by atoms with Crippen LogP contribution in [0.3, 0.4) is 0 Å². The predicted octanol–water partition coefficient (Wildman–Crippen LogP) is 1.13. The molecule has 0 aromatic rings. The summed E-state index contributed by atoms with van der Waals surface area (Å²) in [5.41, 5.74) is 0. The first-order valence-electron chi connectivity index (χ1n) is 14.5. The van der Waals surface area contributed by atoms with Gasteiger partial charge < -0.3 is 48.3 Å². The minimum atomic E-state index is -0.453. The van der Waals surface area contributed by atoms with Crippen molar-refractivity contribution in [2.45, 2.75) is 52.2 Å². The third-order valence-electron chi connectivity index (χ3n) is 5.12. The van der Waals surface area contributed by atoms with Crippen molar-refractivity contribution in [3.8, 4) is 0 Å². The molecule has 0 bridgehead atoms. The minimum absolute atomic E-state index is 0.0290. The molecule has 0 aliphatic carbocycles. The number of nitrogens with one attached hydrogen (secondary N) is 2. The van der Waals surface area contributed by atoms with E-state index in [9.17, 15) is 9.90 Å². The van der Waals surface area contributed by atoms with Gasteiger partial charge in [0.15, 0.2) is 0 Å². The molecule has 0 heterocycles. The Hall–Kier alpha value is -0.930. The first-order chi connectivity index (χ1) is 19.2. The molecule has 234 valence electrons. The Kier molecular flexibility index (Phi) is 32.5. The lowest BCUT2D eigenvalue weighted by molar-refractivity contribution is -0.122. The third-order valence-corrected chi connectivity index (χ3v) is 5.12. The van der Waals surface area contributed by atoms with E-state index in [4.69, 9.17) is 37.9 Å². The van der Waals surface area contributed by atoms with E-state index in [2.05, 4.69) is 17.6 Å². The van der Waals surface area contributed by atoms with E-state index in [1.165, 1.54) is 0 Å². The lowest BCUT2D eigenvalue weighted by Gasteiger charge is -2.11. The first kappa shape index (κ1) is 38.1. The number of hydrogen-bond acceptors (Lipinski definition) is 11. The van der Waals surface area contributed by atoms with Gasteiger partial charge >= 0.3 is 0 Å². The summed E-state index contributed by atoms with van der Waals surface area (Å²) < 4.78 is 43.5. The van der Waals surface area contributed by atoms with Crippen LogP contribution in [0.1, 0.15) is 46.0 Å². The summed E-state index contributed by atoms with van der Waals surface area (Å²) in [6.07, 6.45) is 3.69. The number of unbranched alkanes of at least 4 members (excludes halogenated alkanes) is 1. The van der Waals surface area contributed by atoms with Crippen LogP contribution in [0.15, 0.2) is 0 Å². The molecule has 0 aliphatic heterocycles. The molecule has 12 nitrogen and oxygen atoms in total. The number of hydrogen-bond donors (Lipinski definition) is 3.